The van der Waals surface area contributed by atoms with Crippen LogP contribution in [0.2, 0.25) is 39.3 Å². The molecule has 0 saturated carbocycles. The van der Waals surface area contributed by atoms with Crippen molar-refractivity contribution in [2.45, 2.75) is 58.5 Å². The highest BCUT2D eigenvalue weighted by Gasteiger charge is 2.35. The van der Waals surface area contributed by atoms with Crippen LogP contribution in [-0.2, 0) is 5.41 Å². The van der Waals surface area contributed by atoms with Gasteiger partial charge in [-0.1, -0.05) is 142 Å². The molecule has 1 aliphatic carbocycles. The first-order valence-corrected chi connectivity index (χ1v) is 25.3. The molecular weight excluding hydrogens is 643 g/mol. The molecule has 1 aromatic heterocycles. The molecule has 0 bridgehead atoms. The van der Waals surface area contributed by atoms with Gasteiger partial charge in [0.25, 0.3) is 0 Å². The molecule has 0 fully saturated rings. The summed E-state index contributed by atoms with van der Waals surface area (Å²) in [5.41, 5.74) is 11.5. The Balaban J connectivity index is 1.28. The molecule has 4 heteroatoms. The Kier molecular flexibility index (Phi) is 7.45. The molecule has 244 valence electrons. The highest BCUT2D eigenvalue weighted by Crippen LogP contribution is 2.51. The van der Waals surface area contributed by atoms with Crippen molar-refractivity contribution in [2.24, 2.45) is 0 Å². The number of hydrogen-bond donors (Lipinski definition) is 0. The molecule has 0 radical (unpaired) electrons. The average Bonchev–Trinajstić information content (AvgIpc) is 3.56. The maximum Gasteiger partial charge on any atom is 0.0776 e. The molecule has 7 aromatic rings. The number of anilines is 3. The van der Waals surface area contributed by atoms with Crippen molar-refractivity contribution in [3.05, 3.63) is 139 Å². The van der Waals surface area contributed by atoms with Crippen LogP contribution in [-0.4, -0.2) is 16.1 Å². The van der Waals surface area contributed by atoms with Crippen LogP contribution in [0, 0.1) is 0 Å². The van der Waals surface area contributed by atoms with Crippen LogP contribution >= 0.6 is 11.3 Å². The van der Waals surface area contributed by atoms with Crippen LogP contribution < -0.4 is 15.3 Å². The van der Waals surface area contributed by atoms with E-state index < -0.39 is 16.1 Å². The number of thiophene rings is 1. The second kappa shape index (κ2) is 11.4. The van der Waals surface area contributed by atoms with Gasteiger partial charge in [-0.25, -0.2) is 0 Å². The topological polar surface area (TPSA) is 3.24 Å². The van der Waals surface area contributed by atoms with E-state index >= 15 is 0 Å². The van der Waals surface area contributed by atoms with E-state index in [2.05, 4.69) is 185 Å². The summed E-state index contributed by atoms with van der Waals surface area (Å²) in [7, 11) is -2.80. The van der Waals surface area contributed by atoms with Gasteiger partial charge in [-0.3, -0.25) is 0 Å². The summed E-state index contributed by atoms with van der Waals surface area (Å²) in [6, 6.07) is 48.7. The van der Waals surface area contributed by atoms with E-state index in [1.807, 2.05) is 11.3 Å². The Labute approximate surface area is 297 Å². The summed E-state index contributed by atoms with van der Waals surface area (Å²) >= 11 is 1.90. The molecular formula is C45H45NSSi2. The lowest BCUT2D eigenvalue weighted by Crippen LogP contribution is -2.37. The molecule has 0 unspecified atom stereocenters. The van der Waals surface area contributed by atoms with Crippen molar-refractivity contribution in [1.82, 2.24) is 0 Å². The smallest absolute Gasteiger partial charge is 0.0776 e. The Bertz CT molecular complexity index is 2370. The Morgan fingerprint density at radius 2 is 0.980 bits per heavy atom. The number of benzene rings is 6. The molecule has 1 nitrogen and oxygen atoms in total. The van der Waals surface area contributed by atoms with Crippen molar-refractivity contribution in [2.75, 3.05) is 4.90 Å². The summed E-state index contributed by atoms with van der Waals surface area (Å²) in [4.78, 5) is 2.46. The van der Waals surface area contributed by atoms with Gasteiger partial charge in [0.05, 0.1) is 16.1 Å². The lowest BCUT2D eigenvalue weighted by Gasteiger charge is -2.28. The molecule has 6 aromatic carbocycles. The Hall–Kier alpha value is -4.23. The fourth-order valence-corrected chi connectivity index (χ4v) is 11.0. The van der Waals surface area contributed by atoms with Gasteiger partial charge in [-0.2, -0.15) is 0 Å². The van der Waals surface area contributed by atoms with E-state index in [0.29, 0.717) is 0 Å². The number of rotatable bonds is 6. The van der Waals surface area contributed by atoms with Gasteiger partial charge in [0, 0.05) is 42.6 Å². The largest absolute Gasteiger partial charge is 0.310 e. The summed E-state index contributed by atoms with van der Waals surface area (Å²) in [6.07, 6.45) is 0. The van der Waals surface area contributed by atoms with Crippen molar-refractivity contribution in [3.8, 4) is 22.3 Å². The molecule has 8 rings (SSSR count). The zero-order valence-corrected chi connectivity index (χ0v) is 32.8. The lowest BCUT2D eigenvalue weighted by atomic mass is 9.82. The van der Waals surface area contributed by atoms with E-state index in [1.54, 1.807) is 0 Å². The monoisotopic (exact) mass is 687 g/mol. The fourth-order valence-electron chi connectivity index (χ4n) is 7.62. The fraction of sp³-hybridized carbons (Fsp3) is 0.200. The molecule has 0 atom stereocenters. The van der Waals surface area contributed by atoms with E-state index in [1.165, 1.54) is 75.3 Å². The Morgan fingerprint density at radius 1 is 0.469 bits per heavy atom. The van der Waals surface area contributed by atoms with Gasteiger partial charge in [-0.15, -0.1) is 11.3 Å². The highest BCUT2D eigenvalue weighted by molar-refractivity contribution is 7.25. The molecule has 49 heavy (non-hydrogen) atoms. The van der Waals surface area contributed by atoms with Crippen LogP contribution in [0.3, 0.4) is 0 Å². The Morgan fingerprint density at radius 3 is 1.65 bits per heavy atom. The first-order chi connectivity index (χ1) is 23.3. The van der Waals surface area contributed by atoms with Gasteiger partial charge in [0.15, 0.2) is 0 Å². The first kappa shape index (κ1) is 32.0. The van der Waals surface area contributed by atoms with Crippen LogP contribution in [0.1, 0.15) is 25.0 Å². The van der Waals surface area contributed by atoms with E-state index in [9.17, 15) is 0 Å². The first-order valence-electron chi connectivity index (χ1n) is 17.5. The quantitative estimate of drug-likeness (QED) is 0.157. The molecule has 0 spiro atoms. The zero-order chi connectivity index (χ0) is 34.3. The van der Waals surface area contributed by atoms with Gasteiger partial charge >= 0.3 is 0 Å². The summed E-state index contributed by atoms with van der Waals surface area (Å²) in [5, 5.41) is 5.73. The van der Waals surface area contributed by atoms with Crippen molar-refractivity contribution in [1.29, 1.82) is 0 Å². The normalized spacial score (nSPS) is 13.9. The van der Waals surface area contributed by atoms with Crippen LogP contribution in [0.5, 0.6) is 0 Å². The highest BCUT2D eigenvalue weighted by atomic mass is 32.1. The minimum absolute atomic E-state index is 0.0691. The number of fused-ring (bicyclic) bond motifs is 6. The molecule has 0 aliphatic heterocycles. The molecule has 1 heterocycles. The second-order valence-corrected chi connectivity index (χ2v) is 27.6. The minimum atomic E-state index is -1.45. The van der Waals surface area contributed by atoms with Gasteiger partial charge < -0.3 is 4.90 Å². The summed E-state index contributed by atoms with van der Waals surface area (Å²) < 4.78 is 2.70. The van der Waals surface area contributed by atoms with Crippen LogP contribution in [0.15, 0.2) is 127 Å². The summed E-state index contributed by atoms with van der Waals surface area (Å²) in [5.74, 6) is 0. The molecule has 0 saturated heterocycles. The number of nitrogens with zero attached hydrogens (tertiary/aromatic N) is 1. The predicted molar refractivity (Wildman–Crippen MR) is 223 cm³/mol. The minimum Gasteiger partial charge on any atom is -0.310 e. The molecule has 0 N–H and O–H groups in total. The standard InChI is InChI=1S/C45H45NSSi2/c1-45(2)41-12-10-9-11-37(41)38-24-19-34(28-42(38)45)46(32-17-13-30(14-18-32)31-15-21-35(22-16-31)48(3,4)5)33-20-25-43-39(27-33)40-29-36(49(6,7)8)23-26-44(40)47-43/h9-29H,1-8H3. The van der Waals surface area contributed by atoms with Crippen molar-refractivity contribution < 1.29 is 0 Å². The van der Waals surface area contributed by atoms with Crippen LogP contribution in [0.4, 0.5) is 17.1 Å². The second-order valence-electron chi connectivity index (χ2n) is 16.4. The third-order valence-corrected chi connectivity index (χ3v) is 15.9. The van der Waals surface area contributed by atoms with Gasteiger partial charge in [-0.05, 0) is 81.9 Å². The van der Waals surface area contributed by atoms with Crippen molar-refractivity contribution >= 4 is 75.1 Å². The SMILES string of the molecule is CC1(C)c2ccccc2-c2ccc(N(c3ccc(-c4ccc([Si](C)(C)C)cc4)cc3)c3ccc4sc5ccc([Si](C)(C)C)cc5c4c3)cc21. The van der Waals surface area contributed by atoms with Gasteiger partial charge in [0.1, 0.15) is 0 Å². The zero-order valence-electron chi connectivity index (χ0n) is 30.0. The van der Waals surface area contributed by atoms with Gasteiger partial charge in [0.2, 0.25) is 0 Å². The number of hydrogen-bond acceptors (Lipinski definition) is 2. The summed E-state index contributed by atoms with van der Waals surface area (Å²) in [6.45, 7) is 19.3. The maximum absolute atomic E-state index is 2.48. The average molecular weight is 688 g/mol. The van der Waals surface area contributed by atoms with E-state index in [4.69, 9.17) is 0 Å². The van der Waals surface area contributed by atoms with Crippen LogP contribution in [0.25, 0.3) is 42.4 Å². The van der Waals surface area contributed by atoms with E-state index in [-0.39, 0.29) is 5.41 Å². The van der Waals surface area contributed by atoms with E-state index in [0.717, 1.165) is 5.69 Å². The molecule has 1 aliphatic rings. The van der Waals surface area contributed by atoms with Crippen molar-refractivity contribution in [3.63, 3.8) is 0 Å². The third-order valence-electron chi connectivity index (χ3n) is 10.6. The maximum atomic E-state index is 2.48. The third kappa shape index (κ3) is 5.51. The lowest BCUT2D eigenvalue weighted by molar-refractivity contribution is 0.660. The predicted octanol–water partition coefficient (Wildman–Crippen LogP) is 12.6. The molecule has 0 amide bonds.